The summed E-state index contributed by atoms with van der Waals surface area (Å²) in [5, 5.41) is 11.9. The molecule has 0 radical (unpaired) electrons. The highest BCUT2D eigenvalue weighted by atomic mass is 16.3. The van der Waals surface area contributed by atoms with Crippen LogP contribution in [0.2, 0.25) is 0 Å². The Labute approximate surface area is 183 Å². The van der Waals surface area contributed by atoms with E-state index in [1.165, 1.54) is 0 Å². The van der Waals surface area contributed by atoms with E-state index in [1.54, 1.807) is 12.5 Å². The number of nitrogens with one attached hydrogen (secondary N) is 3. The summed E-state index contributed by atoms with van der Waals surface area (Å²) in [6.07, 6.45) is 7.17. The van der Waals surface area contributed by atoms with E-state index in [0.717, 1.165) is 67.8 Å². The number of hydrogen-bond acceptors (Lipinski definition) is 5. The molecule has 0 saturated carbocycles. The van der Waals surface area contributed by atoms with Crippen LogP contribution < -0.4 is 5.32 Å². The van der Waals surface area contributed by atoms with E-state index in [1.807, 2.05) is 49.8 Å². The van der Waals surface area contributed by atoms with Crippen molar-refractivity contribution in [3.05, 3.63) is 79.0 Å². The first-order valence-corrected chi connectivity index (χ1v) is 10.4. The maximum atomic E-state index is 5.27. The number of aromatic amines is 2. The van der Waals surface area contributed by atoms with Crippen LogP contribution >= 0.6 is 0 Å². The van der Waals surface area contributed by atoms with E-state index >= 15 is 0 Å². The van der Waals surface area contributed by atoms with Crippen LogP contribution in [0.3, 0.4) is 0 Å². The Kier molecular flexibility index (Phi) is 4.33. The number of furan rings is 1. The van der Waals surface area contributed by atoms with Gasteiger partial charge in [-0.2, -0.15) is 5.10 Å². The third kappa shape index (κ3) is 3.07. The van der Waals surface area contributed by atoms with Crippen molar-refractivity contribution in [3.63, 3.8) is 0 Å². The standard InChI is InChI=1S/C25H20N6O/c1-26-11-15-9-18(13-27-12-15)16-5-6-21-20(10-16)24(31-30-21)25-28-22-4-2-3-19(23(22)29-25)17-7-8-32-14-17/h2-10,12-14,26H,11H2,1H3,(H,28,29)(H,30,31). The smallest absolute Gasteiger partial charge is 0.159 e. The molecule has 156 valence electrons. The third-order valence-corrected chi connectivity index (χ3v) is 5.64. The fourth-order valence-corrected chi connectivity index (χ4v) is 4.12. The van der Waals surface area contributed by atoms with E-state index in [-0.39, 0.29) is 0 Å². The first-order chi connectivity index (χ1) is 15.8. The Morgan fingerprint density at radius 2 is 1.94 bits per heavy atom. The van der Waals surface area contributed by atoms with Gasteiger partial charge in [0, 0.05) is 41.0 Å². The Morgan fingerprint density at radius 1 is 0.969 bits per heavy atom. The van der Waals surface area contributed by atoms with Gasteiger partial charge in [-0.25, -0.2) is 4.98 Å². The lowest BCUT2D eigenvalue weighted by molar-refractivity contribution is 0.568. The molecular weight excluding hydrogens is 400 g/mol. The fraction of sp³-hybridized carbons (Fsp3) is 0.0800. The van der Waals surface area contributed by atoms with Crippen molar-refractivity contribution in [2.45, 2.75) is 6.54 Å². The molecule has 2 aromatic carbocycles. The van der Waals surface area contributed by atoms with E-state index in [2.05, 4.69) is 43.7 Å². The lowest BCUT2D eigenvalue weighted by atomic mass is 10.0. The number of fused-ring (bicyclic) bond motifs is 2. The normalized spacial score (nSPS) is 11.5. The van der Waals surface area contributed by atoms with Crippen LogP contribution in [0.4, 0.5) is 0 Å². The predicted molar refractivity (Wildman–Crippen MR) is 125 cm³/mol. The summed E-state index contributed by atoms with van der Waals surface area (Å²) in [5.74, 6) is 0.724. The molecule has 0 saturated heterocycles. The van der Waals surface area contributed by atoms with Gasteiger partial charge in [0.1, 0.15) is 5.69 Å². The molecule has 0 bridgehead atoms. The maximum absolute atomic E-state index is 5.27. The highest BCUT2D eigenvalue weighted by Crippen LogP contribution is 2.33. The second-order valence-corrected chi connectivity index (χ2v) is 7.74. The van der Waals surface area contributed by atoms with E-state index in [0.29, 0.717) is 0 Å². The first kappa shape index (κ1) is 18.5. The zero-order valence-corrected chi connectivity index (χ0v) is 17.4. The highest BCUT2D eigenvalue weighted by Gasteiger charge is 2.16. The van der Waals surface area contributed by atoms with Crippen LogP contribution in [-0.4, -0.2) is 32.2 Å². The average Bonchev–Trinajstić information content (AvgIpc) is 3.57. The highest BCUT2D eigenvalue weighted by molar-refractivity contribution is 5.98. The predicted octanol–water partition coefficient (Wildman–Crippen LogP) is 5.15. The van der Waals surface area contributed by atoms with Gasteiger partial charge < -0.3 is 14.7 Å². The molecule has 3 N–H and O–H groups in total. The van der Waals surface area contributed by atoms with Crippen molar-refractivity contribution in [1.82, 2.24) is 30.5 Å². The molecule has 0 unspecified atom stereocenters. The van der Waals surface area contributed by atoms with Crippen molar-refractivity contribution in [3.8, 4) is 33.8 Å². The average molecular weight is 420 g/mol. The molecule has 6 rings (SSSR count). The zero-order valence-electron chi connectivity index (χ0n) is 17.4. The molecule has 4 heterocycles. The summed E-state index contributed by atoms with van der Waals surface area (Å²) in [6, 6.07) is 16.4. The van der Waals surface area contributed by atoms with Crippen LogP contribution in [0.1, 0.15) is 5.56 Å². The van der Waals surface area contributed by atoms with Gasteiger partial charge in [0.2, 0.25) is 0 Å². The lowest BCUT2D eigenvalue weighted by Gasteiger charge is -2.05. The number of hydrogen-bond donors (Lipinski definition) is 3. The number of aromatic nitrogens is 5. The number of rotatable bonds is 5. The molecule has 0 amide bonds. The molecule has 7 heteroatoms. The summed E-state index contributed by atoms with van der Waals surface area (Å²) in [4.78, 5) is 12.7. The summed E-state index contributed by atoms with van der Waals surface area (Å²) < 4.78 is 5.27. The van der Waals surface area contributed by atoms with Gasteiger partial charge in [-0.3, -0.25) is 10.1 Å². The molecule has 0 spiro atoms. The van der Waals surface area contributed by atoms with E-state index in [9.17, 15) is 0 Å². The SMILES string of the molecule is CNCc1cncc(-c2ccc3[nH]nc(-c4nc5c(-c6ccoc6)cccc5[nH]4)c3c2)c1. The zero-order chi connectivity index (χ0) is 21.5. The Balaban J connectivity index is 1.47. The summed E-state index contributed by atoms with van der Waals surface area (Å²) >= 11 is 0. The van der Waals surface area contributed by atoms with Crippen LogP contribution in [0, 0.1) is 0 Å². The van der Waals surface area contributed by atoms with Gasteiger partial charge in [-0.1, -0.05) is 18.2 Å². The van der Waals surface area contributed by atoms with Gasteiger partial charge in [-0.05, 0) is 48.5 Å². The Hall–Kier alpha value is -4.23. The maximum Gasteiger partial charge on any atom is 0.159 e. The number of para-hydroxylation sites is 1. The molecule has 0 fully saturated rings. The first-order valence-electron chi connectivity index (χ1n) is 10.4. The summed E-state index contributed by atoms with van der Waals surface area (Å²) in [7, 11) is 1.93. The third-order valence-electron chi connectivity index (χ3n) is 5.64. The Bertz CT molecular complexity index is 1540. The lowest BCUT2D eigenvalue weighted by Crippen LogP contribution is -2.05. The summed E-state index contributed by atoms with van der Waals surface area (Å²) in [6.45, 7) is 0.776. The summed E-state index contributed by atoms with van der Waals surface area (Å²) in [5.41, 5.74) is 8.90. The van der Waals surface area contributed by atoms with Crippen molar-refractivity contribution in [2.24, 2.45) is 0 Å². The topological polar surface area (TPSA) is 95.4 Å². The molecule has 6 aromatic rings. The number of H-pyrrole nitrogens is 2. The largest absolute Gasteiger partial charge is 0.472 e. The van der Waals surface area contributed by atoms with Crippen LogP contribution in [0.15, 0.2) is 77.9 Å². The van der Waals surface area contributed by atoms with Gasteiger partial charge in [0.05, 0.1) is 29.1 Å². The van der Waals surface area contributed by atoms with Crippen molar-refractivity contribution >= 4 is 21.9 Å². The van der Waals surface area contributed by atoms with E-state index < -0.39 is 0 Å². The van der Waals surface area contributed by atoms with Crippen LogP contribution in [0.5, 0.6) is 0 Å². The quantitative estimate of drug-likeness (QED) is 0.359. The van der Waals surface area contributed by atoms with Gasteiger partial charge in [0.25, 0.3) is 0 Å². The molecule has 0 aliphatic heterocycles. The number of nitrogens with zero attached hydrogens (tertiary/aromatic N) is 3. The second-order valence-electron chi connectivity index (χ2n) is 7.74. The minimum atomic E-state index is 0.724. The number of benzene rings is 2. The van der Waals surface area contributed by atoms with Crippen molar-refractivity contribution < 1.29 is 4.42 Å². The number of pyridine rings is 1. The minimum absolute atomic E-state index is 0.724. The van der Waals surface area contributed by atoms with Gasteiger partial charge >= 0.3 is 0 Å². The van der Waals surface area contributed by atoms with Crippen LogP contribution in [-0.2, 0) is 6.54 Å². The molecule has 7 nitrogen and oxygen atoms in total. The van der Waals surface area contributed by atoms with E-state index in [4.69, 9.17) is 9.40 Å². The monoisotopic (exact) mass is 420 g/mol. The molecule has 0 aliphatic rings. The molecule has 4 aromatic heterocycles. The van der Waals surface area contributed by atoms with Crippen LogP contribution in [0.25, 0.3) is 55.7 Å². The van der Waals surface area contributed by atoms with Crippen molar-refractivity contribution in [1.29, 1.82) is 0 Å². The molecular formula is C25H20N6O. The Morgan fingerprint density at radius 3 is 2.81 bits per heavy atom. The molecule has 0 aliphatic carbocycles. The van der Waals surface area contributed by atoms with Gasteiger partial charge in [-0.15, -0.1) is 0 Å². The molecule has 0 atom stereocenters. The number of imidazole rings is 1. The minimum Gasteiger partial charge on any atom is -0.472 e. The fourth-order valence-electron chi connectivity index (χ4n) is 4.12. The van der Waals surface area contributed by atoms with Crippen molar-refractivity contribution in [2.75, 3.05) is 7.05 Å². The van der Waals surface area contributed by atoms with Gasteiger partial charge in [0.15, 0.2) is 5.82 Å². The second kappa shape index (κ2) is 7.47. The molecule has 32 heavy (non-hydrogen) atoms.